The zero-order valence-corrected chi connectivity index (χ0v) is 15.8. The van der Waals surface area contributed by atoms with Gasteiger partial charge in [0.2, 0.25) is 17.8 Å². The second-order valence-corrected chi connectivity index (χ2v) is 7.07. The molecule has 0 radical (unpaired) electrons. The Hall–Kier alpha value is -3.21. The van der Waals surface area contributed by atoms with Crippen molar-refractivity contribution in [3.63, 3.8) is 0 Å². The van der Waals surface area contributed by atoms with Crippen molar-refractivity contribution in [3.05, 3.63) is 70.9 Å². The van der Waals surface area contributed by atoms with Crippen molar-refractivity contribution < 1.29 is 24.0 Å². The van der Waals surface area contributed by atoms with Gasteiger partial charge in [0.25, 0.3) is 0 Å². The molecule has 4 rings (SSSR count). The molecule has 3 aromatic rings. The summed E-state index contributed by atoms with van der Waals surface area (Å²) in [5.74, 6) is -0.200. The molecule has 1 aliphatic rings. The van der Waals surface area contributed by atoms with Crippen LogP contribution in [0.2, 0.25) is 0 Å². The van der Waals surface area contributed by atoms with Gasteiger partial charge in [-0.2, -0.15) is 4.57 Å². The van der Waals surface area contributed by atoms with E-state index in [0.29, 0.717) is 22.3 Å². The maximum absolute atomic E-state index is 13.0. The molecule has 1 N–H and O–H groups in total. The summed E-state index contributed by atoms with van der Waals surface area (Å²) in [6.45, 7) is 0.190. The van der Waals surface area contributed by atoms with Crippen LogP contribution in [0.3, 0.4) is 0 Å². The first kappa shape index (κ1) is 18.2. The first-order chi connectivity index (χ1) is 13.6. The van der Waals surface area contributed by atoms with Crippen molar-refractivity contribution in [1.82, 2.24) is 0 Å². The Balaban J connectivity index is 1.85. The molecule has 0 saturated carbocycles. The molecule has 0 atom stereocenters. The van der Waals surface area contributed by atoms with Gasteiger partial charge in [0, 0.05) is 23.6 Å². The van der Waals surface area contributed by atoms with Crippen LogP contribution in [0.4, 0.5) is 0 Å². The number of Topliss-reactive ketones (excluding diaryl/α,β-unsaturated/α-hetero) is 1. The van der Waals surface area contributed by atoms with Crippen LogP contribution in [0.15, 0.2) is 48.5 Å². The lowest BCUT2D eigenvalue weighted by molar-refractivity contribution is -0.665. The third-order valence-corrected chi connectivity index (χ3v) is 5.46. The molecular weight excluding hydrogens is 354 g/mol. The molecule has 0 unspecified atom stereocenters. The number of nitrogens with zero attached hydrogens (tertiary/aromatic N) is 1. The van der Waals surface area contributed by atoms with Gasteiger partial charge in [-0.25, -0.2) is 4.79 Å². The number of hydrogen-bond donors (Lipinski definition) is 1. The number of rotatable bonds is 5. The van der Waals surface area contributed by atoms with Gasteiger partial charge in [0.05, 0.1) is 18.1 Å². The Morgan fingerprint density at radius 2 is 1.75 bits per heavy atom. The van der Waals surface area contributed by atoms with Crippen molar-refractivity contribution in [2.45, 2.75) is 32.2 Å². The summed E-state index contributed by atoms with van der Waals surface area (Å²) in [4.78, 5) is 25.0. The number of carbonyl (C=O) groups is 2. The van der Waals surface area contributed by atoms with Gasteiger partial charge in [0.1, 0.15) is 5.75 Å². The molecule has 5 nitrogen and oxygen atoms in total. The Morgan fingerprint density at radius 3 is 2.46 bits per heavy atom. The maximum Gasteiger partial charge on any atom is 0.337 e. The van der Waals surface area contributed by atoms with Crippen molar-refractivity contribution in [2.24, 2.45) is 0 Å². The quantitative estimate of drug-likeness (QED) is 0.546. The lowest BCUT2D eigenvalue weighted by Gasteiger charge is -2.18. The summed E-state index contributed by atoms with van der Waals surface area (Å²) in [6.07, 6.45) is 3.49. The predicted molar refractivity (Wildman–Crippen MR) is 105 cm³/mol. The number of fused-ring (bicyclic) bond motifs is 2. The topological polar surface area (TPSA) is 67.5 Å². The molecule has 0 aliphatic heterocycles. The third-order valence-electron chi connectivity index (χ3n) is 5.46. The van der Waals surface area contributed by atoms with E-state index < -0.39 is 5.97 Å². The van der Waals surface area contributed by atoms with E-state index in [4.69, 9.17) is 4.74 Å². The van der Waals surface area contributed by atoms with Crippen LogP contribution >= 0.6 is 0 Å². The van der Waals surface area contributed by atoms with Crippen molar-refractivity contribution in [3.8, 4) is 5.75 Å². The van der Waals surface area contributed by atoms with Gasteiger partial charge in [-0.05, 0) is 49.6 Å². The number of carbonyl (C=O) groups excluding carboxylic acids is 1. The van der Waals surface area contributed by atoms with Gasteiger partial charge >= 0.3 is 5.97 Å². The van der Waals surface area contributed by atoms with Crippen LogP contribution in [0.5, 0.6) is 5.75 Å². The average Bonchev–Trinajstić information content (AvgIpc) is 2.73. The highest BCUT2D eigenvalue weighted by Gasteiger charge is 2.31. The first-order valence-electron chi connectivity index (χ1n) is 9.47. The molecule has 142 valence electrons. The summed E-state index contributed by atoms with van der Waals surface area (Å²) >= 11 is 0. The lowest BCUT2D eigenvalue weighted by Crippen LogP contribution is -2.45. The summed E-state index contributed by atoms with van der Waals surface area (Å²) in [7, 11) is 1.59. The minimum atomic E-state index is -0.900. The lowest BCUT2D eigenvalue weighted by atomic mass is 9.89. The van der Waals surface area contributed by atoms with E-state index in [1.54, 1.807) is 31.4 Å². The Morgan fingerprint density at radius 1 is 1.04 bits per heavy atom. The fourth-order valence-electron chi connectivity index (χ4n) is 4.12. The molecule has 0 spiro atoms. The minimum absolute atomic E-state index is 0.00588. The highest BCUT2D eigenvalue weighted by Crippen LogP contribution is 2.28. The fourth-order valence-corrected chi connectivity index (χ4v) is 4.12. The molecule has 2 aromatic carbocycles. The van der Waals surface area contributed by atoms with Crippen molar-refractivity contribution in [2.75, 3.05) is 7.11 Å². The largest absolute Gasteiger partial charge is 0.497 e. The SMILES string of the molecule is COc1ccc(C(=O)C[n+]2c3c(c(C(=O)O)c4ccccc42)CCCC3)cc1. The van der Waals surface area contributed by atoms with Crippen LogP contribution in [0.1, 0.15) is 44.8 Å². The van der Waals surface area contributed by atoms with E-state index in [-0.39, 0.29) is 12.3 Å². The summed E-state index contributed by atoms with van der Waals surface area (Å²) in [6, 6.07) is 14.6. The number of carboxylic acids is 1. The normalized spacial score (nSPS) is 13.2. The van der Waals surface area contributed by atoms with E-state index in [1.807, 2.05) is 28.8 Å². The summed E-state index contributed by atoms with van der Waals surface area (Å²) in [5, 5.41) is 10.5. The molecule has 0 fully saturated rings. The van der Waals surface area contributed by atoms with Gasteiger partial charge in [-0.15, -0.1) is 0 Å². The van der Waals surface area contributed by atoms with Crippen LogP contribution in [0.25, 0.3) is 10.9 Å². The standard InChI is InChI=1S/C23H21NO4/c1-28-16-12-10-15(11-13-16)21(25)14-24-19-8-4-2-6-17(19)22(23(26)27)18-7-3-5-9-20(18)24/h2,4,6,8,10-13H,3,5,7,9,14H2,1H3/p+1. The molecule has 0 bridgehead atoms. The van der Waals surface area contributed by atoms with Crippen molar-refractivity contribution >= 4 is 22.7 Å². The number of carboxylic acid groups (broad SMARTS) is 1. The highest BCUT2D eigenvalue weighted by molar-refractivity contribution is 6.03. The second kappa shape index (κ2) is 7.43. The van der Waals surface area contributed by atoms with Crippen LogP contribution in [-0.2, 0) is 19.4 Å². The second-order valence-electron chi connectivity index (χ2n) is 7.07. The molecular formula is C23H22NO4+. The number of methoxy groups -OCH3 is 1. The number of para-hydroxylation sites is 1. The zero-order chi connectivity index (χ0) is 19.7. The number of aromatic nitrogens is 1. The highest BCUT2D eigenvalue weighted by atomic mass is 16.5. The Kier molecular flexibility index (Phi) is 4.82. The maximum atomic E-state index is 13.0. The number of pyridine rings is 1. The van der Waals surface area contributed by atoms with Gasteiger partial charge < -0.3 is 9.84 Å². The van der Waals surface area contributed by atoms with Crippen LogP contribution in [0, 0.1) is 0 Å². The van der Waals surface area contributed by atoms with E-state index in [0.717, 1.165) is 42.5 Å². The zero-order valence-electron chi connectivity index (χ0n) is 15.8. The Labute approximate surface area is 163 Å². The number of benzene rings is 2. The number of aromatic carboxylic acids is 1. The van der Waals surface area contributed by atoms with E-state index in [9.17, 15) is 14.7 Å². The summed E-state index contributed by atoms with van der Waals surface area (Å²) in [5.41, 5.74) is 3.65. The predicted octanol–water partition coefficient (Wildman–Crippen LogP) is 3.60. The van der Waals surface area contributed by atoms with Gasteiger partial charge in [0.15, 0.2) is 5.69 Å². The molecule has 0 saturated heterocycles. The van der Waals surface area contributed by atoms with Crippen LogP contribution < -0.4 is 9.30 Å². The molecule has 0 amide bonds. The minimum Gasteiger partial charge on any atom is -0.497 e. The van der Waals surface area contributed by atoms with Crippen LogP contribution in [-0.4, -0.2) is 24.0 Å². The molecule has 1 heterocycles. The number of ether oxygens (including phenoxy) is 1. The summed E-state index contributed by atoms with van der Waals surface area (Å²) < 4.78 is 7.18. The number of ketones is 1. The molecule has 1 aliphatic carbocycles. The third kappa shape index (κ3) is 3.13. The van der Waals surface area contributed by atoms with E-state index >= 15 is 0 Å². The van der Waals surface area contributed by atoms with Gasteiger partial charge in [-0.3, -0.25) is 4.79 Å². The number of hydrogen-bond acceptors (Lipinski definition) is 3. The molecule has 1 aromatic heterocycles. The molecule has 28 heavy (non-hydrogen) atoms. The average molecular weight is 376 g/mol. The monoisotopic (exact) mass is 376 g/mol. The first-order valence-corrected chi connectivity index (χ1v) is 9.47. The smallest absolute Gasteiger partial charge is 0.337 e. The molecule has 5 heteroatoms. The van der Waals surface area contributed by atoms with E-state index in [2.05, 4.69) is 0 Å². The van der Waals surface area contributed by atoms with E-state index in [1.165, 1.54) is 0 Å². The van der Waals surface area contributed by atoms with Crippen molar-refractivity contribution in [1.29, 1.82) is 0 Å². The van der Waals surface area contributed by atoms with Gasteiger partial charge in [-0.1, -0.05) is 12.1 Å². The fraction of sp³-hybridized carbons (Fsp3) is 0.261. The Bertz CT molecular complexity index is 1070.